The van der Waals surface area contributed by atoms with Crippen LogP contribution in [0.15, 0.2) is 42.7 Å². The largest absolute Gasteiger partial charge is 0.416 e. The van der Waals surface area contributed by atoms with Crippen molar-refractivity contribution in [1.29, 1.82) is 0 Å². The lowest BCUT2D eigenvalue weighted by Gasteiger charge is -2.16. The molecule has 0 radical (unpaired) electrons. The van der Waals surface area contributed by atoms with Gasteiger partial charge < -0.3 is 10.6 Å². The average molecular weight is 327 g/mol. The SMILES string of the molecule is CC(NC(=O)Nc1cc(C(F)(F)F)ccc1F)c1ccncc1. The summed E-state index contributed by atoms with van der Waals surface area (Å²) in [6.45, 7) is 1.68. The number of hydrogen-bond donors (Lipinski definition) is 2. The van der Waals surface area contributed by atoms with Gasteiger partial charge in [0.25, 0.3) is 0 Å². The number of nitrogens with zero attached hydrogens (tertiary/aromatic N) is 1. The normalized spacial score (nSPS) is 12.6. The molecule has 0 aliphatic heterocycles. The van der Waals surface area contributed by atoms with Gasteiger partial charge >= 0.3 is 12.2 Å². The summed E-state index contributed by atoms with van der Waals surface area (Å²) in [4.78, 5) is 15.7. The number of halogens is 4. The van der Waals surface area contributed by atoms with Crippen molar-refractivity contribution in [1.82, 2.24) is 10.3 Å². The molecule has 2 N–H and O–H groups in total. The van der Waals surface area contributed by atoms with Gasteiger partial charge in [-0.05, 0) is 42.8 Å². The molecule has 0 spiro atoms. The lowest BCUT2D eigenvalue weighted by atomic mass is 10.1. The van der Waals surface area contributed by atoms with E-state index in [9.17, 15) is 22.4 Å². The molecule has 1 heterocycles. The number of pyridine rings is 1. The van der Waals surface area contributed by atoms with Gasteiger partial charge in [0.2, 0.25) is 0 Å². The van der Waals surface area contributed by atoms with Crippen molar-refractivity contribution in [3.63, 3.8) is 0 Å². The van der Waals surface area contributed by atoms with Gasteiger partial charge in [0.05, 0.1) is 17.3 Å². The maximum absolute atomic E-state index is 13.6. The Kier molecular flexibility index (Phi) is 4.83. The summed E-state index contributed by atoms with van der Waals surface area (Å²) < 4.78 is 51.4. The first kappa shape index (κ1) is 16.7. The fraction of sp³-hybridized carbons (Fsp3) is 0.200. The minimum absolute atomic E-state index is 0.424. The summed E-state index contributed by atoms with van der Waals surface area (Å²) in [6, 6.07) is 3.93. The minimum Gasteiger partial charge on any atom is -0.331 e. The van der Waals surface area contributed by atoms with Crippen molar-refractivity contribution in [2.24, 2.45) is 0 Å². The maximum Gasteiger partial charge on any atom is 0.416 e. The van der Waals surface area contributed by atoms with Crippen LogP contribution < -0.4 is 10.6 Å². The van der Waals surface area contributed by atoms with E-state index in [4.69, 9.17) is 0 Å². The van der Waals surface area contributed by atoms with Gasteiger partial charge in [0.15, 0.2) is 0 Å². The molecule has 2 amide bonds. The van der Waals surface area contributed by atoms with Crippen molar-refractivity contribution < 1.29 is 22.4 Å². The van der Waals surface area contributed by atoms with Crippen molar-refractivity contribution in [2.75, 3.05) is 5.32 Å². The van der Waals surface area contributed by atoms with Crippen LogP contribution in [0.2, 0.25) is 0 Å². The van der Waals surface area contributed by atoms with Gasteiger partial charge in [-0.25, -0.2) is 9.18 Å². The molecule has 0 saturated heterocycles. The molecular weight excluding hydrogens is 314 g/mol. The van der Waals surface area contributed by atoms with Gasteiger partial charge in [0.1, 0.15) is 5.82 Å². The quantitative estimate of drug-likeness (QED) is 0.833. The van der Waals surface area contributed by atoms with Crippen LogP contribution in [0.3, 0.4) is 0 Å². The molecule has 23 heavy (non-hydrogen) atoms. The molecule has 122 valence electrons. The zero-order valence-electron chi connectivity index (χ0n) is 12.0. The number of aromatic nitrogens is 1. The Hall–Kier alpha value is -2.64. The molecule has 0 aliphatic carbocycles. The molecule has 0 saturated carbocycles. The Labute approximate surface area is 129 Å². The van der Waals surface area contributed by atoms with E-state index < -0.39 is 35.3 Å². The molecule has 1 atom stereocenters. The number of nitrogens with one attached hydrogen (secondary N) is 2. The Balaban J connectivity index is 2.08. The zero-order valence-corrected chi connectivity index (χ0v) is 12.0. The van der Waals surface area contributed by atoms with Crippen LogP contribution in [0, 0.1) is 5.82 Å². The molecule has 4 nitrogen and oxygen atoms in total. The summed E-state index contributed by atoms with van der Waals surface area (Å²) in [6.07, 6.45) is -1.54. The average Bonchev–Trinajstić information content (AvgIpc) is 2.49. The number of rotatable bonds is 3. The number of hydrogen-bond acceptors (Lipinski definition) is 2. The van der Waals surface area contributed by atoms with E-state index in [0.29, 0.717) is 18.2 Å². The second-order valence-corrected chi connectivity index (χ2v) is 4.79. The molecule has 1 aromatic heterocycles. The van der Waals surface area contributed by atoms with Crippen LogP contribution in [-0.4, -0.2) is 11.0 Å². The van der Waals surface area contributed by atoms with Crippen LogP contribution >= 0.6 is 0 Å². The lowest BCUT2D eigenvalue weighted by molar-refractivity contribution is -0.137. The monoisotopic (exact) mass is 327 g/mol. The molecule has 0 aliphatic rings. The van der Waals surface area contributed by atoms with Crippen LogP contribution in [0.25, 0.3) is 0 Å². The molecule has 1 aromatic carbocycles. The van der Waals surface area contributed by atoms with E-state index in [1.54, 1.807) is 19.1 Å². The Morgan fingerprint density at radius 2 is 1.83 bits per heavy atom. The van der Waals surface area contributed by atoms with E-state index in [1.807, 2.05) is 0 Å². The summed E-state index contributed by atoms with van der Waals surface area (Å²) in [7, 11) is 0. The lowest BCUT2D eigenvalue weighted by Crippen LogP contribution is -2.31. The van der Waals surface area contributed by atoms with Crippen molar-refractivity contribution in [3.8, 4) is 0 Å². The first-order valence-corrected chi connectivity index (χ1v) is 6.61. The molecule has 1 unspecified atom stereocenters. The van der Waals surface area contributed by atoms with Crippen molar-refractivity contribution >= 4 is 11.7 Å². The second-order valence-electron chi connectivity index (χ2n) is 4.79. The van der Waals surface area contributed by atoms with Gasteiger partial charge in [-0.3, -0.25) is 4.98 Å². The predicted octanol–water partition coefficient (Wildman–Crippen LogP) is 4.12. The highest BCUT2D eigenvalue weighted by Crippen LogP contribution is 2.31. The summed E-state index contributed by atoms with van der Waals surface area (Å²) >= 11 is 0. The molecule has 2 rings (SSSR count). The fourth-order valence-electron chi connectivity index (χ4n) is 1.89. The van der Waals surface area contributed by atoms with Crippen LogP contribution in [0.1, 0.15) is 24.1 Å². The van der Waals surface area contributed by atoms with Crippen molar-refractivity contribution in [3.05, 3.63) is 59.7 Å². The summed E-state index contributed by atoms with van der Waals surface area (Å²) in [5, 5.41) is 4.59. The first-order chi connectivity index (χ1) is 10.8. The van der Waals surface area contributed by atoms with Gasteiger partial charge in [0, 0.05) is 12.4 Å². The molecule has 2 aromatic rings. The highest BCUT2D eigenvalue weighted by Gasteiger charge is 2.31. The van der Waals surface area contributed by atoms with Gasteiger partial charge in [-0.2, -0.15) is 13.2 Å². The predicted molar refractivity (Wildman–Crippen MR) is 76.2 cm³/mol. The van der Waals surface area contributed by atoms with Crippen LogP contribution in [0.4, 0.5) is 28.0 Å². The smallest absolute Gasteiger partial charge is 0.331 e. The Morgan fingerprint density at radius 3 is 2.43 bits per heavy atom. The van der Waals surface area contributed by atoms with E-state index in [2.05, 4.69) is 15.6 Å². The van der Waals surface area contributed by atoms with Crippen LogP contribution in [0.5, 0.6) is 0 Å². The highest BCUT2D eigenvalue weighted by atomic mass is 19.4. The van der Waals surface area contributed by atoms with E-state index in [0.717, 1.165) is 5.56 Å². The third-order valence-corrected chi connectivity index (χ3v) is 3.10. The van der Waals surface area contributed by atoms with Crippen molar-refractivity contribution in [2.45, 2.75) is 19.1 Å². The van der Waals surface area contributed by atoms with Gasteiger partial charge in [-0.1, -0.05) is 0 Å². The van der Waals surface area contributed by atoms with E-state index in [1.165, 1.54) is 12.4 Å². The fourth-order valence-corrected chi connectivity index (χ4v) is 1.89. The Morgan fingerprint density at radius 1 is 1.17 bits per heavy atom. The number of amides is 2. The minimum atomic E-state index is -4.62. The molecule has 0 bridgehead atoms. The van der Waals surface area contributed by atoms with Crippen LogP contribution in [-0.2, 0) is 6.18 Å². The number of carbonyl (C=O) groups excluding carboxylic acids is 1. The highest BCUT2D eigenvalue weighted by molar-refractivity contribution is 5.89. The standard InChI is InChI=1S/C15H13F4N3O/c1-9(10-4-6-20-7-5-10)21-14(23)22-13-8-11(15(17,18)19)2-3-12(13)16/h2-9H,1H3,(H2,21,22,23). The molecule has 8 heteroatoms. The maximum atomic E-state index is 13.6. The van der Waals surface area contributed by atoms with E-state index >= 15 is 0 Å². The topological polar surface area (TPSA) is 54.0 Å². The number of alkyl halides is 3. The first-order valence-electron chi connectivity index (χ1n) is 6.61. The zero-order chi connectivity index (χ0) is 17.0. The van der Waals surface area contributed by atoms with Gasteiger partial charge in [-0.15, -0.1) is 0 Å². The molecular formula is C15H13F4N3O. The number of carbonyl (C=O) groups is 1. The summed E-state index contributed by atoms with van der Waals surface area (Å²) in [5.74, 6) is -0.954. The summed E-state index contributed by atoms with van der Waals surface area (Å²) in [5.41, 5.74) is -0.838. The third kappa shape index (κ3) is 4.41. The second kappa shape index (κ2) is 6.64. The third-order valence-electron chi connectivity index (χ3n) is 3.10. The number of urea groups is 1. The number of anilines is 1. The number of benzene rings is 1. The molecule has 0 fully saturated rings. The Bertz CT molecular complexity index is 689. The van der Waals surface area contributed by atoms with E-state index in [-0.39, 0.29) is 0 Å².